The van der Waals surface area contributed by atoms with Gasteiger partial charge in [0.15, 0.2) is 0 Å². The van der Waals surface area contributed by atoms with Crippen molar-refractivity contribution in [2.45, 2.75) is 219 Å². The van der Waals surface area contributed by atoms with Crippen molar-refractivity contribution in [3.63, 3.8) is 0 Å². The second-order valence-electron chi connectivity index (χ2n) is 13.6. The Kier molecular flexibility index (Phi) is 40.7. The number of aliphatic hydroxyl groups excluding tert-OH is 1. The molecule has 266 valence electrons. The third-order valence-corrected chi connectivity index (χ3v) is 9.14. The molecule has 1 unspecified atom stereocenters. The zero-order chi connectivity index (χ0) is 31.9. The van der Waals surface area contributed by atoms with Gasteiger partial charge in [-0.05, 0) is 12.8 Å². The third-order valence-electron chi connectivity index (χ3n) is 9.14. The van der Waals surface area contributed by atoms with E-state index in [9.17, 15) is 0 Å². The molecule has 0 aliphatic heterocycles. The van der Waals surface area contributed by atoms with Crippen LogP contribution in [0, 0.1) is 0 Å². The smallest absolute Gasteiger partial charge is 0.0808 e. The summed E-state index contributed by atoms with van der Waals surface area (Å²) in [7, 11) is 0. The fourth-order valence-electron chi connectivity index (χ4n) is 6.18. The standard InChI is InChI=1S/C40H82O4/c1-3-5-7-9-11-13-15-16-17-18-19-20-21-22-23-24-25-27-29-31-33-40(39-43-38-37-42-36-34-41)44-35-32-30-28-26-14-12-10-8-6-4-2/h40-41H,3-39H2,1-2H3. The van der Waals surface area contributed by atoms with Gasteiger partial charge in [-0.1, -0.05) is 200 Å². The molecule has 0 saturated carbocycles. The molecule has 1 atom stereocenters. The average molecular weight is 627 g/mol. The molecule has 4 heteroatoms. The Balaban J connectivity index is 3.66. The maximum absolute atomic E-state index is 8.85. The van der Waals surface area contributed by atoms with Gasteiger partial charge in [0, 0.05) is 6.61 Å². The van der Waals surface area contributed by atoms with E-state index in [0.717, 1.165) is 13.0 Å². The van der Waals surface area contributed by atoms with Crippen molar-refractivity contribution in [3.05, 3.63) is 0 Å². The van der Waals surface area contributed by atoms with Gasteiger partial charge in [-0.2, -0.15) is 0 Å². The van der Waals surface area contributed by atoms with Gasteiger partial charge in [0.05, 0.1) is 39.1 Å². The van der Waals surface area contributed by atoms with Crippen LogP contribution in [0.3, 0.4) is 0 Å². The van der Waals surface area contributed by atoms with Crippen molar-refractivity contribution < 1.29 is 19.3 Å². The predicted molar refractivity (Wildman–Crippen MR) is 193 cm³/mol. The summed E-state index contributed by atoms with van der Waals surface area (Å²) in [6.07, 6.45) is 43.3. The van der Waals surface area contributed by atoms with Crippen molar-refractivity contribution in [2.75, 3.05) is 39.6 Å². The van der Waals surface area contributed by atoms with Crippen LogP contribution in [0.25, 0.3) is 0 Å². The van der Waals surface area contributed by atoms with Crippen LogP contribution >= 0.6 is 0 Å². The summed E-state index contributed by atoms with van der Waals surface area (Å²) in [5, 5.41) is 8.85. The number of unbranched alkanes of at least 4 members (excludes halogenated alkanes) is 28. The second-order valence-corrected chi connectivity index (χ2v) is 13.6. The minimum absolute atomic E-state index is 0.0734. The lowest BCUT2D eigenvalue weighted by Crippen LogP contribution is -2.22. The summed E-state index contributed by atoms with van der Waals surface area (Å²) in [4.78, 5) is 0. The summed E-state index contributed by atoms with van der Waals surface area (Å²) >= 11 is 0. The zero-order valence-corrected chi connectivity index (χ0v) is 30.4. The molecule has 44 heavy (non-hydrogen) atoms. The van der Waals surface area contributed by atoms with E-state index >= 15 is 0 Å². The first kappa shape index (κ1) is 43.8. The highest BCUT2D eigenvalue weighted by molar-refractivity contribution is 4.59. The van der Waals surface area contributed by atoms with E-state index in [1.165, 1.54) is 193 Å². The quantitative estimate of drug-likeness (QED) is 0.0687. The van der Waals surface area contributed by atoms with Gasteiger partial charge in [-0.25, -0.2) is 0 Å². The van der Waals surface area contributed by atoms with Gasteiger partial charge in [0.2, 0.25) is 0 Å². The number of hydrogen-bond acceptors (Lipinski definition) is 4. The van der Waals surface area contributed by atoms with E-state index in [2.05, 4.69) is 13.8 Å². The van der Waals surface area contributed by atoms with E-state index in [-0.39, 0.29) is 12.7 Å². The lowest BCUT2D eigenvalue weighted by atomic mass is 10.0. The van der Waals surface area contributed by atoms with Crippen LogP contribution < -0.4 is 0 Å². The van der Waals surface area contributed by atoms with Gasteiger partial charge < -0.3 is 19.3 Å². The summed E-state index contributed by atoms with van der Waals surface area (Å²) in [5.74, 6) is 0. The van der Waals surface area contributed by atoms with Gasteiger partial charge in [-0.15, -0.1) is 0 Å². The molecule has 0 aromatic heterocycles. The molecule has 0 fully saturated rings. The number of aliphatic hydroxyl groups is 1. The monoisotopic (exact) mass is 627 g/mol. The van der Waals surface area contributed by atoms with E-state index in [1.54, 1.807) is 0 Å². The predicted octanol–water partition coefficient (Wildman–Crippen LogP) is 12.5. The first-order valence-corrected chi connectivity index (χ1v) is 20.2. The maximum Gasteiger partial charge on any atom is 0.0808 e. The van der Waals surface area contributed by atoms with Crippen molar-refractivity contribution in [1.29, 1.82) is 0 Å². The van der Waals surface area contributed by atoms with Gasteiger partial charge in [-0.3, -0.25) is 0 Å². The average Bonchev–Trinajstić information content (AvgIpc) is 3.03. The van der Waals surface area contributed by atoms with Gasteiger partial charge in [0.1, 0.15) is 0 Å². The minimum atomic E-state index is 0.0734. The normalized spacial score (nSPS) is 12.3. The van der Waals surface area contributed by atoms with Crippen LogP contribution in [0.1, 0.15) is 213 Å². The maximum atomic E-state index is 8.85. The van der Waals surface area contributed by atoms with Crippen LogP contribution in [0.2, 0.25) is 0 Å². The lowest BCUT2D eigenvalue weighted by Gasteiger charge is -2.18. The van der Waals surface area contributed by atoms with E-state index in [1.807, 2.05) is 0 Å². The number of ether oxygens (including phenoxy) is 3. The van der Waals surface area contributed by atoms with Gasteiger partial charge in [0.25, 0.3) is 0 Å². The van der Waals surface area contributed by atoms with Gasteiger partial charge >= 0.3 is 0 Å². The fraction of sp³-hybridized carbons (Fsp3) is 1.00. The summed E-state index contributed by atoms with van der Waals surface area (Å²) < 4.78 is 17.5. The Morgan fingerprint density at radius 2 is 0.705 bits per heavy atom. The van der Waals surface area contributed by atoms with Crippen LogP contribution in [0.15, 0.2) is 0 Å². The molecule has 0 amide bonds. The van der Waals surface area contributed by atoms with E-state index in [0.29, 0.717) is 26.4 Å². The van der Waals surface area contributed by atoms with Crippen molar-refractivity contribution in [1.82, 2.24) is 0 Å². The van der Waals surface area contributed by atoms with Crippen molar-refractivity contribution in [3.8, 4) is 0 Å². The molecule has 0 heterocycles. The highest BCUT2D eigenvalue weighted by Crippen LogP contribution is 2.16. The van der Waals surface area contributed by atoms with E-state index in [4.69, 9.17) is 19.3 Å². The molecule has 0 aromatic carbocycles. The Morgan fingerprint density at radius 3 is 1.09 bits per heavy atom. The van der Waals surface area contributed by atoms with Crippen molar-refractivity contribution >= 4 is 0 Å². The Morgan fingerprint density at radius 1 is 0.364 bits per heavy atom. The molecular formula is C40H82O4. The highest BCUT2D eigenvalue weighted by atomic mass is 16.5. The number of hydrogen-bond donors (Lipinski definition) is 1. The second kappa shape index (κ2) is 40.9. The summed E-state index contributed by atoms with van der Waals surface area (Å²) in [6, 6.07) is 0. The molecule has 0 radical (unpaired) electrons. The van der Waals surface area contributed by atoms with Crippen LogP contribution in [-0.2, 0) is 14.2 Å². The molecule has 0 rings (SSSR count). The zero-order valence-electron chi connectivity index (χ0n) is 30.4. The molecule has 4 nitrogen and oxygen atoms in total. The summed E-state index contributed by atoms with van der Waals surface area (Å²) in [5.41, 5.74) is 0. The molecule has 0 spiro atoms. The first-order valence-electron chi connectivity index (χ1n) is 20.2. The first-order chi connectivity index (χ1) is 21.8. The largest absolute Gasteiger partial charge is 0.394 e. The number of rotatable bonds is 40. The van der Waals surface area contributed by atoms with Crippen LogP contribution in [0.4, 0.5) is 0 Å². The Labute approximate surface area is 277 Å². The van der Waals surface area contributed by atoms with Crippen molar-refractivity contribution in [2.24, 2.45) is 0 Å². The van der Waals surface area contributed by atoms with E-state index < -0.39 is 0 Å². The molecule has 1 N–H and O–H groups in total. The summed E-state index contributed by atoms with van der Waals surface area (Å²) in [6.45, 7) is 7.71. The highest BCUT2D eigenvalue weighted by Gasteiger charge is 2.10. The molecule has 0 aromatic rings. The molecule has 0 aliphatic rings. The fourth-order valence-corrected chi connectivity index (χ4v) is 6.18. The molecule has 0 aliphatic carbocycles. The topological polar surface area (TPSA) is 47.9 Å². The third kappa shape index (κ3) is 38.0. The SMILES string of the molecule is CCCCCCCCCCCCCCCCCCCCCCC(COCCOCCO)OCCCCCCCCCCCC. The molecule has 0 saturated heterocycles. The Bertz CT molecular complexity index is 486. The molecule has 0 bridgehead atoms. The molecular weight excluding hydrogens is 544 g/mol. The van der Waals surface area contributed by atoms with Crippen LogP contribution in [0.5, 0.6) is 0 Å². The Hall–Kier alpha value is -0.160. The minimum Gasteiger partial charge on any atom is -0.394 e. The van der Waals surface area contributed by atoms with Crippen LogP contribution in [-0.4, -0.2) is 50.9 Å². The lowest BCUT2D eigenvalue weighted by molar-refractivity contribution is -0.0380.